The van der Waals surface area contributed by atoms with E-state index in [1.165, 1.54) is 0 Å². The number of benzene rings is 1. The Labute approximate surface area is 85.6 Å². The molecule has 0 saturated heterocycles. The smallest absolute Gasteiger partial charge is 0.302 e. The van der Waals surface area contributed by atoms with E-state index in [-0.39, 0.29) is 13.5 Å². The number of carbonyl (C=O) groups excluding carboxylic acids is 1. The highest BCUT2D eigenvalue weighted by molar-refractivity contribution is 5.71. The number of hydrogen-bond donors (Lipinski definition) is 0. The standard InChI is InChI=1S/C12H14O2/c1-3-11(9-14-10(2)13)12-7-5-4-6-8-12/h3-8H,9H2,1-2H3/b11-3-/i2D. The molecule has 0 atom stereocenters. The fourth-order valence-electron chi connectivity index (χ4n) is 1.14. The van der Waals surface area contributed by atoms with Gasteiger partial charge in [-0.05, 0) is 18.1 Å². The summed E-state index contributed by atoms with van der Waals surface area (Å²) in [4.78, 5) is 10.8. The first-order valence-corrected chi connectivity index (χ1v) is 4.43. The zero-order chi connectivity index (χ0) is 11.1. The lowest BCUT2D eigenvalue weighted by Crippen LogP contribution is -2.02. The van der Waals surface area contributed by atoms with Gasteiger partial charge in [0, 0.05) is 8.27 Å². The number of carbonyl (C=O) groups is 1. The molecule has 0 aliphatic carbocycles. The normalized spacial score (nSPS) is 12.1. The Balaban J connectivity index is 2.63. The van der Waals surface area contributed by atoms with Gasteiger partial charge >= 0.3 is 5.97 Å². The summed E-state index contributed by atoms with van der Waals surface area (Å²) in [6, 6.07) is 9.73. The third-order valence-corrected chi connectivity index (χ3v) is 1.88. The Kier molecular flexibility index (Phi) is 3.36. The van der Waals surface area contributed by atoms with Crippen LogP contribution in [0.4, 0.5) is 0 Å². The summed E-state index contributed by atoms with van der Waals surface area (Å²) in [5.74, 6) is -0.495. The van der Waals surface area contributed by atoms with Crippen LogP contribution in [0.5, 0.6) is 0 Å². The highest BCUT2D eigenvalue weighted by atomic mass is 16.5. The molecule has 0 fully saturated rings. The van der Waals surface area contributed by atoms with E-state index in [2.05, 4.69) is 0 Å². The van der Waals surface area contributed by atoms with Crippen molar-refractivity contribution in [1.29, 1.82) is 0 Å². The molecule has 14 heavy (non-hydrogen) atoms. The van der Waals surface area contributed by atoms with Crippen molar-refractivity contribution in [3.63, 3.8) is 0 Å². The van der Waals surface area contributed by atoms with Gasteiger partial charge in [-0.1, -0.05) is 36.4 Å². The van der Waals surface area contributed by atoms with E-state index in [0.717, 1.165) is 11.1 Å². The topological polar surface area (TPSA) is 26.3 Å². The van der Waals surface area contributed by atoms with Crippen LogP contribution < -0.4 is 0 Å². The molecule has 1 rings (SSSR count). The molecule has 0 aliphatic rings. The number of allylic oxidation sites excluding steroid dienone is 1. The van der Waals surface area contributed by atoms with E-state index < -0.39 is 5.97 Å². The molecular weight excluding hydrogens is 176 g/mol. The van der Waals surface area contributed by atoms with E-state index in [0.29, 0.717) is 0 Å². The molecule has 0 amide bonds. The third-order valence-electron chi connectivity index (χ3n) is 1.88. The number of rotatable bonds is 3. The summed E-state index contributed by atoms with van der Waals surface area (Å²) >= 11 is 0. The van der Waals surface area contributed by atoms with Gasteiger partial charge in [0.1, 0.15) is 6.61 Å². The van der Waals surface area contributed by atoms with Gasteiger partial charge < -0.3 is 4.74 Å². The molecule has 1 aromatic carbocycles. The molecule has 0 saturated carbocycles. The van der Waals surface area contributed by atoms with Crippen LogP contribution in [0.25, 0.3) is 5.57 Å². The van der Waals surface area contributed by atoms with Crippen LogP contribution >= 0.6 is 0 Å². The maximum absolute atomic E-state index is 10.8. The quantitative estimate of drug-likeness (QED) is 0.686. The fraction of sp³-hybridized carbons (Fsp3) is 0.250. The van der Waals surface area contributed by atoms with E-state index in [1.54, 1.807) is 0 Å². The molecule has 0 aromatic heterocycles. The minimum absolute atomic E-state index is 0.234. The van der Waals surface area contributed by atoms with Gasteiger partial charge in [0.05, 0.1) is 0 Å². The Morgan fingerprint density at radius 3 is 2.79 bits per heavy atom. The first-order valence-electron chi connectivity index (χ1n) is 5.14. The molecule has 1 aromatic rings. The lowest BCUT2D eigenvalue weighted by molar-refractivity contribution is -0.139. The molecule has 0 aliphatic heterocycles. The summed E-state index contributed by atoms with van der Waals surface area (Å²) in [6.07, 6.45) is 1.91. The van der Waals surface area contributed by atoms with E-state index in [9.17, 15) is 4.79 Å². The number of ether oxygens (including phenoxy) is 1. The summed E-state index contributed by atoms with van der Waals surface area (Å²) in [5, 5.41) is 0. The summed E-state index contributed by atoms with van der Waals surface area (Å²) < 4.78 is 11.7. The molecule has 0 heterocycles. The van der Waals surface area contributed by atoms with E-state index in [1.807, 2.05) is 43.3 Å². The average molecular weight is 191 g/mol. The summed E-state index contributed by atoms with van der Waals surface area (Å²) in [5.41, 5.74) is 2.00. The maximum atomic E-state index is 10.8. The largest absolute Gasteiger partial charge is 0.461 e. The van der Waals surface area contributed by atoms with Crippen LogP contribution in [0, 0.1) is 0 Å². The molecule has 0 N–H and O–H groups in total. The molecule has 0 bridgehead atoms. The minimum Gasteiger partial charge on any atom is -0.461 e. The van der Waals surface area contributed by atoms with Crippen LogP contribution in [0.3, 0.4) is 0 Å². The van der Waals surface area contributed by atoms with Crippen LogP contribution in [0.15, 0.2) is 36.4 Å². The van der Waals surface area contributed by atoms with Gasteiger partial charge in [-0.3, -0.25) is 4.79 Å². The average Bonchev–Trinajstić information content (AvgIpc) is 2.31. The maximum Gasteiger partial charge on any atom is 0.302 e. The lowest BCUT2D eigenvalue weighted by Gasteiger charge is -2.06. The Bertz CT molecular complexity index is 344. The van der Waals surface area contributed by atoms with Crippen molar-refractivity contribution in [1.82, 2.24) is 0 Å². The lowest BCUT2D eigenvalue weighted by atomic mass is 10.1. The first-order chi connectivity index (χ1) is 7.27. The van der Waals surface area contributed by atoms with Gasteiger partial charge in [0.15, 0.2) is 0 Å². The second-order valence-corrected chi connectivity index (χ2v) is 2.84. The van der Waals surface area contributed by atoms with Crippen molar-refractivity contribution in [3.05, 3.63) is 42.0 Å². The predicted octanol–water partition coefficient (Wildman–Crippen LogP) is 2.65. The van der Waals surface area contributed by atoms with Gasteiger partial charge in [-0.2, -0.15) is 0 Å². The van der Waals surface area contributed by atoms with Crippen LogP contribution in [-0.2, 0) is 9.53 Å². The van der Waals surface area contributed by atoms with Crippen molar-refractivity contribution in [3.8, 4) is 0 Å². The second kappa shape index (κ2) is 5.22. The Morgan fingerprint density at radius 2 is 2.21 bits per heavy atom. The predicted molar refractivity (Wildman–Crippen MR) is 56.7 cm³/mol. The zero-order valence-electron chi connectivity index (χ0n) is 9.19. The third kappa shape index (κ3) is 3.05. The zero-order valence-corrected chi connectivity index (χ0v) is 8.19. The summed E-state index contributed by atoms with van der Waals surface area (Å²) in [7, 11) is 0. The Hall–Kier alpha value is -1.57. The first kappa shape index (κ1) is 9.00. The van der Waals surface area contributed by atoms with E-state index >= 15 is 0 Å². The van der Waals surface area contributed by atoms with Crippen molar-refractivity contribution >= 4 is 11.5 Å². The molecule has 2 heteroatoms. The molecule has 74 valence electrons. The van der Waals surface area contributed by atoms with Crippen molar-refractivity contribution < 1.29 is 10.9 Å². The molecule has 0 spiro atoms. The van der Waals surface area contributed by atoms with Gasteiger partial charge in [0.25, 0.3) is 0 Å². The van der Waals surface area contributed by atoms with Gasteiger partial charge in [0.2, 0.25) is 0 Å². The minimum atomic E-state index is -0.495. The molecular formula is C12H14O2. The molecule has 2 nitrogen and oxygen atoms in total. The Morgan fingerprint density at radius 1 is 1.50 bits per heavy atom. The van der Waals surface area contributed by atoms with Crippen LogP contribution in [-0.4, -0.2) is 12.6 Å². The van der Waals surface area contributed by atoms with Crippen molar-refractivity contribution in [2.24, 2.45) is 0 Å². The van der Waals surface area contributed by atoms with Gasteiger partial charge in [-0.25, -0.2) is 0 Å². The monoisotopic (exact) mass is 191 g/mol. The highest BCUT2D eigenvalue weighted by Crippen LogP contribution is 2.13. The molecule has 0 unspecified atom stereocenters. The van der Waals surface area contributed by atoms with Crippen molar-refractivity contribution in [2.75, 3.05) is 6.61 Å². The van der Waals surface area contributed by atoms with E-state index in [4.69, 9.17) is 6.11 Å². The number of hydrogen-bond acceptors (Lipinski definition) is 2. The van der Waals surface area contributed by atoms with Crippen LogP contribution in [0.1, 0.15) is 20.8 Å². The highest BCUT2D eigenvalue weighted by Gasteiger charge is 2.01. The SMILES string of the molecule is [2H]CC(=O)OC/C(=C/C)c1ccccc1. The van der Waals surface area contributed by atoms with Crippen molar-refractivity contribution in [2.45, 2.75) is 13.8 Å². The second-order valence-electron chi connectivity index (χ2n) is 2.84. The van der Waals surface area contributed by atoms with Gasteiger partial charge in [-0.15, -0.1) is 0 Å². The molecule has 0 radical (unpaired) electrons. The van der Waals surface area contributed by atoms with Crippen LogP contribution in [0.2, 0.25) is 0 Å². The number of esters is 1. The fourth-order valence-corrected chi connectivity index (χ4v) is 1.14. The summed E-state index contributed by atoms with van der Waals surface area (Å²) in [6.45, 7) is 1.81.